The number of carboxylic acids is 1. The molecule has 4 heteroatoms. The summed E-state index contributed by atoms with van der Waals surface area (Å²) in [5.74, 6) is -1.25. The molecule has 2 rings (SSSR count). The molecule has 0 saturated heterocycles. The zero-order chi connectivity index (χ0) is 12.6. The Morgan fingerprint density at radius 3 is 2.76 bits per heavy atom. The van der Waals surface area contributed by atoms with Gasteiger partial charge in [-0.25, -0.2) is 0 Å². The average Bonchev–Trinajstić information content (AvgIpc) is 2.59. The summed E-state index contributed by atoms with van der Waals surface area (Å²) in [5.41, 5.74) is 2.63. The van der Waals surface area contributed by atoms with Crippen molar-refractivity contribution in [3.63, 3.8) is 0 Å². The lowest BCUT2D eigenvalue weighted by Gasteiger charge is -2.16. The molecule has 0 aliphatic rings. The van der Waals surface area contributed by atoms with Crippen LogP contribution < -0.4 is 0 Å². The SMILES string of the molecule is CC(C)C(C(=O)O)c1cnc2ccn(C)c2c1. The van der Waals surface area contributed by atoms with E-state index in [2.05, 4.69) is 4.98 Å². The highest BCUT2D eigenvalue weighted by Crippen LogP contribution is 2.26. The fraction of sp³-hybridized carbons (Fsp3) is 0.385. The van der Waals surface area contributed by atoms with Gasteiger partial charge in [-0.05, 0) is 23.6 Å². The number of carboxylic acid groups (broad SMARTS) is 1. The van der Waals surface area contributed by atoms with Gasteiger partial charge in [0.15, 0.2) is 0 Å². The van der Waals surface area contributed by atoms with Gasteiger partial charge >= 0.3 is 5.97 Å². The van der Waals surface area contributed by atoms with Crippen LogP contribution in [0.15, 0.2) is 24.5 Å². The van der Waals surface area contributed by atoms with Gasteiger partial charge < -0.3 is 9.67 Å². The Morgan fingerprint density at radius 1 is 1.47 bits per heavy atom. The highest BCUT2D eigenvalue weighted by Gasteiger charge is 2.24. The highest BCUT2D eigenvalue weighted by molar-refractivity contribution is 5.80. The third-order valence-electron chi connectivity index (χ3n) is 3.05. The number of rotatable bonds is 3. The third-order valence-corrected chi connectivity index (χ3v) is 3.05. The van der Waals surface area contributed by atoms with Gasteiger partial charge in [0.1, 0.15) is 0 Å². The summed E-state index contributed by atoms with van der Waals surface area (Å²) in [6.07, 6.45) is 3.59. The van der Waals surface area contributed by atoms with Gasteiger partial charge in [0.05, 0.1) is 17.0 Å². The second-order valence-corrected chi connectivity index (χ2v) is 4.66. The van der Waals surface area contributed by atoms with Crippen LogP contribution in [0.4, 0.5) is 0 Å². The Hall–Kier alpha value is -1.84. The summed E-state index contributed by atoms with van der Waals surface area (Å²) in [5, 5.41) is 9.25. The number of hydrogen-bond acceptors (Lipinski definition) is 2. The minimum Gasteiger partial charge on any atom is -0.481 e. The van der Waals surface area contributed by atoms with Crippen LogP contribution in [0.5, 0.6) is 0 Å². The smallest absolute Gasteiger partial charge is 0.311 e. The Balaban J connectivity index is 2.54. The van der Waals surface area contributed by atoms with Crippen molar-refractivity contribution >= 4 is 17.0 Å². The van der Waals surface area contributed by atoms with Crippen LogP contribution in [0.1, 0.15) is 25.3 Å². The molecule has 1 unspecified atom stereocenters. The zero-order valence-electron chi connectivity index (χ0n) is 10.2. The zero-order valence-corrected chi connectivity index (χ0v) is 10.2. The van der Waals surface area contributed by atoms with E-state index in [0.29, 0.717) is 0 Å². The molecule has 17 heavy (non-hydrogen) atoms. The lowest BCUT2D eigenvalue weighted by molar-refractivity contribution is -0.139. The standard InChI is InChI=1S/C13H16N2O2/c1-8(2)12(13(16)17)9-6-11-10(14-7-9)4-5-15(11)3/h4-8,12H,1-3H3,(H,16,17). The molecule has 0 aliphatic heterocycles. The number of nitrogens with zero attached hydrogens (tertiary/aromatic N) is 2. The molecule has 2 heterocycles. The maximum atomic E-state index is 11.3. The molecule has 0 saturated carbocycles. The van der Waals surface area contributed by atoms with E-state index in [1.54, 1.807) is 6.20 Å². The van der Waals surface area contributed by atoms with Crippen molar-refractivity contribution in [2.75, 3.05) is 0 Å². The van der Waals surface area contributed by atoms with Crippen molar-refractivity contribution in [1.82, 2.24) is 9.55 Å². The van der Waals surface area contributed by atoms with Crippen molar-refractivity contribution in [3.8, 4) is 0 Å². The van der Waals surface area contributed by atoms with Crippen molar-refractivity contribution < 1.29 is 9.90 Å². The van der Waals surface area contributed by atoms with Crippen molar-refractivity contribution in [3.05, 3.63) is 30.1 Å². The number of aromatic nitrogens is 2. The van der Waals surface area contributed by atoms with Crippen molar-refractivity contribution in [2.24, 2.45) is 13.0 Å². The minimum atomic E-state index is -0.796. The number of pyridine rings is 1. The molecule has 4 nitrogen and oxygen atoms in total. The number of carbonyl (C=O) groups is 1. The van der Waals surface area contributed by atoms with Gasteiger partial charge in [0, 0.05) is 19.4 Å². The Labute approximate surface area is 99.9 Å². The largest absolute Gasteiger partial charge is 0.481 e. The molecular weight excluding hydrogens is 216 g/mol. The van der Waals surface area contributed by atoms with Gasteiger partial charge in [-0.3, -0.25) is 9.78 Å². The monoisotopic (exact) mass is 232 g/mol. The predicted molar refractivity (Wildman–Crippen MR) is 65.9 cm³/mol. The molecule has 0 aromatic carbocycles. The summed E-state index contributed by atoms with van der Waals surface area (Å²) in [7, 11) is 1.93. The summed E-state index contributed by atoms with van der Waals surface area (Å²) < 4.78 is 1.95. The second-order valence-electron chi connectivity index (χ2n) is 4.66. The molecule has 1 atom stereocenters. The van der Waals surface area contributed by atoms with E-state index in [-0.39, 0.29) is 5.92 Å². The number of aryl methyl sites for hydroxylation is 1. The number of fused-ring (bicyclic) bond motifs is 1. The fourth-order valence-corrected chi connectivity index (χ4v) is 2.14. The predicted octanol–water partition coefficient (Wildman–Crippen LogP) is 2.40. The fourth-order valence-electron chi connectivity index (χ4n) is 2.14. The first-order valence-corrected chi connectivity index (χ1v) is 5.64. The van der Waals surface area contributed by atoms with Crippen LogP contribution in [0.3, 0.4) is 0 Å². The number of hydrogen-bond donors (Lipinski definition) is 1. The van der Waals surface area contributed by atoms with Crippen LogP contribution in [0.25, 0.3) is 11.0 Å². The van der Waals surface area contributed by atoms with Crippen LogP contribution in [0, 0.1) is 5.92 Å². The maximum Gasteiger partial charge on any atom is 0.311 e. The highest BCUT2D eigenvalue weighted by atomic mass is 16.4. The first-order chi connectivity index (χ1) is 8.00. The van der Waals surface area contributed by atoms with E-state index in [4.69, 9.17) is 0 Å². The van der Waals surface area contributed by atoms with E-state index in [0.717, 1.165) is 16.6 Å². The molecule has 0 amide bonds. The van der Waals surface area contributed by atoms with Gasteiger partial charge in [-0.1, -0.05) is 13.8 Å². The molecule has 2 aromatic rings. The maximum absolute atomic E-state index is 11.3. The Morgan fingerprint density at radius 2 is 2.18 bits per heavy atom. The molecule has 0 radical (unpaired) electrons. The molecule has 0 spiro atoms. The quantitative estimate of drug-likeness (QED) is 0.884. The van der Waals surface area contributed by atoms with Crippen LogP contribution in [0.2, 0.25) is 0 Å². The van der Waals surface area contributed by atoms with E-state index in [1.807, 2.05) is 43.8 Å². The van der Waals surface area contributed by atoms with Gasteiger partial charge in [-0.2, -0.15) is 0 Å². The number of aliphatic carboxylic acids is 1. The van der Waals surface area contributed by atoms with E-state index < -0.39 is 11.9 Å². The minimum absolute atomic E-state index is 0.0482. The topological polar surface area (TPSA) is 55.1 Å². The first-order valence-electron chi connectivity index (χ1n) is 5.64. The van der Waals surface area contributed by atoms with Crippen LogP contribution in [-0.4, -0.2) is 20.6 Å². The van der Waals surface area contributed by atoms with E-state index in [1.165, 1.54) is 0 Å². The average molecular weight is 232 g/mol. The molecular formula is C13H16N2O2. The van der Waals surface area contributed by atoms with E-state index >= 15 is 0 Å². The second kappa shape index (κ2) is 4.20. The summed E-state index contributed by atoms with van der Waals surface area (Å²) >= 11 is 0. The summed E-state index contributed by atoms with van der Waals surface area (Å²) in [4.78, 5) is 15.6. The van der Waals surface area contributed by atoms with Crippen molar-refractivity contribution in [2.45, 2.75) is 19.8 Å². The Bertz CT molecular complexity index is 558. The summed E-state index contributed by atoms with van der Waals surface area (Å²) in [6.45, 7) is 3.82. The molecule has 0 fully saturated rings. The summed E-state index contributed by atoms with van der Waals surface area (Å²) in [6, 6.07) is 3.84. The first kappa shape index (κ1) is 11.6. The Kier molecular flexibility index (Phi) is 2.88. The molecule has 2 aromatic heterocycles. The lowest BCUT2D eigenvalue weighted by Crippen LogP contribution is -2.17. The van der Waals surface area contributed by atoms with Gasteiger partial charge in [0.2, 0.25) is 0 Å². The van der Waals surface area contributed by atoms with Crippen LogP contribution >= 0.6 is 0 Å². The lowest BCUT2D eigenvalue weighted by atomic mass is 9.89. The third kappa shape index (κ3) is 2.02. The molecule has 90 valence electrons. The molecule has 0 bridgehead atoms. The van der Waals surface area contributed by atoms with Gasteiger partial charge in [-0.15, -0.1) is 0 Å². The van der Waals surface area contributed by atoms with Crippen LogP contribution in [-0.2, 0) is 11.8 Å². The molecule has 0 aliphatic carbocycles. The van der Waals surface area contributed by atoms with Gasteiger partial charge in [0.25, 0.3) is 0 Å². The van der Waals surface area contributed by atoms with Crippen molar-refractivity contribution in [1.29, 1.82) is 0 Å². The normalized spacial score (nSPS) is 13.2. The van der Waals surface area contributed by atoms with E-state index in [9.17, 15) is 9.90 Å². The molecule has 1 N–H and O–H groups in total.